The third kappa shape index (κ3) is 6.23. The molecule has 0 unspecified atom stereocenters. The highest BCUT2D eigenvalue weighted by atomic mass is 15.1. The minimum Gasteiger partial charge on any atom is -0.363 e. The molecule has 0 fully saturated rings. The number of rotatable bonds is 8. The van der Waals surface area contributed by atoms with Gasteiger partial charge in [0.25, 0.3) is 0 Å². The van der Waals surface area contributed by atoms with Gasteiger partial charge in [-0.1, -0.05) is 68.9 Å². The summed E-state index contributed by atoms with van der Waals surface area (Å²) >= 11 is 0. The Kier molecular flexibility index (Phi) is 8.01. The van der Waals surface area contributed by atoms with Crippen LogP contribution in [0.2, 0.25) is 0 Å². The number of aryl methyl sites for hydroxylation is 1. The van der Waals surface area contributed by atoms with Gasteiger partial charge in [0, 0.05) is 26.2 Å². The minimum atomic E-state index is 0.938. The third-order valence-corrected chi connectivity index (χ3v) is 3.51. The first-order chi connectivity index (χ1) is 9.65. The first-order valence-corrected chi connectivity index (χ1v) is 7.94. The number of unbranched alkanes of at least 4 members (excludes halogenated alkanes) is 5. The van der Waals surface area contributed by atoms with Gasteiger partial charge in [0.05, 0.1) is 0 Å². The fourth-order valence-electron chi connectivity index (χ4n) is 2.27. The van der Waals surface area contributed by atoms with Crippen LogP contribution in [0.25, 0.3) is 0 Å². The van der Waals surface area contributed by atoms with Gasteiger partial charge in [-0.05, 0) is 13.3 Å². The van der Waals surface area contributed by atoms with E-state index in [2.05, 4.69) is 57.1 Å². The van der Waals surface area contributed by atoms with Gasteiger partial charge in [-0.15, -0.1) is 0 Å². The molecule has 1 rings (SSSR count). The molecule has 0 spiro atoms. The van der Waals surface area contributed by atoms with Crippen molar-refractivity contribution in [3.63, 3.8) is 0 Å². The van der Waals surface area contributed by atoms with Crippen molar-refractivity contribution in [3.8, 4) is 0 Å². The SMILES string of the molecule is CCCCCCCCN=C(c1ccc(C)cc1)N(C)C. The Morgan fingerprint density at radius 3 is 2.15 bits per heavy atom. The van der Waals surface area contributed by atoms with Crippen molar-refractivity contribution in [2.45, 2.75) is 52.4 Å². The van der Waals surface area contributed by atoms with E-state index in [0.717, 1.165) is 12.4 Å². The molecule has 0 aliphatic rings. The normalized spacial score (nSPS) is 11.7. The lowest BCUT2D eigenvalue weighted by atomic mass is 10.1. The summed E-state index contributed by atoms with van der Waals surface area (Å²) in [6, 6.07) is 8.63. The molecule has 20 heavy (non-hydrogen) atoms. The number of hydrogen-bond donors (Lipinski definition) is 0. The van der Waals surface area contributed by atoms with Crippen molar-refractivity contribution in [2.24, 2.45) is 4.99 Å². The summed E-state index contributed by atoms with van der Waals surface area (Å²) in [4.78, 5) is 6.90. The monoisotopic (exact) mass is 274 g/mol. The molecule has 0 aliphatic carbocycles. The van der Waals surface area contributed by atoms with Crippen LogP contribution in [0, 0.1) is 6.92 Å². The fraction of sp³-hybridized carbons (Fsp3) is 0.611. The van der Waals surface area contributed by atoms with Gasteiger partial charge in [-0.2, -0.15) is 0 Å². The van der Waals surface area contributed by atoms with E-state index < -0.39 is 0 Å². The summed E-state index contributed by atoms with van der Waals surface area (Å²) in [5.41, 5.74) is 2.51. The predicted octanol–water partition coefficient (Wildman–Crippen LogP) is 4.66. The Morgan fingerprint density at radius 1 is 0.950 bits per heavy atom. The lowest BCUT2D eigenvalue weighted by Gasteiger charge is -2.16. The van der Waals surface area contributed by atoms with Gasteiger partial charge in [0.15, 0.2) is 0 Å². The Labute approximate surface area is 124 Å². The molecule has 0 aliphatic heterocycles. The van der Waals surface area contributed by atoms with Gasteiger partial charge >= 0.3 is 0 Å². The highest BCUT2D eigenvalue weighted by Gasteiger charge is 2.04. The van der Waals surface area contributed by atoms with E-state index in [1.165, 1.54) is 49.7 Å². The zero-order valence-electron chi connectivity index (χ0n) is 13.7. The molecule has 0 bridgehead atoms. The van der Waals surface area contributed by atoms with Crippen LogP contribution in [0.5, 0.6) is 0 Å². The molecule has 0 saturated heterocycles. The molecule has 0 atom stereocenters. The lowest BCUT2D eigenvalue weighted by Crippen LogP contribution is -2.23. The predicted molar refractivity (Wildman–Crippen MR) is 89.6 cm³/mol. The second kappa shape index (κ2) is 9.57. The van der Waals surface area contributed by atoms with Crippen molar-refractivity contribution >= 4 is 5.84 Å². The Bertz CT molecular complexity index is 390. The quantitative estimate of drug-likeness (QED) is 0.382. The molecule has 2 nitrogen and oxygen atoms in total. The molecule has 112 valence electrons. The summed E-state index contributed by atoms with van der Waals surface area (Å²) < 4.78 is 0. The van der Waals surface area contributed by atoms with Crippen LogP contribution in [0.1, 0.15) is 56.6 Å². The van der Waals surface area contributed by atoms with Crippen LogP contribution in [0.3, 0.4) is 0 Å². The zero-order chi connectivity index (χ0) is 14.8. The van der Waals surface area contributed by atoms with Gasteiger partial charge in [-0.3, -0.25) is 4.99 Å². The molecule has 0 saturated carbocycles. The van der Waals surface area contributed by atoms with Crippen LogP contribution < -0.4 is 0 Å². The molecular formula is C18H30N2. The highest BCUT2D eigenvalue weighted by Crippen LogP contribution is 2.08. The number of amidine groups is 1. The van der Waals surface area contributed by atoms with E-state index >= 15 is 0 Å². The molecule has 0 radical (unpaired) electrons. The zero-order valence-corrected chi connectivity index (χ0v) is 13.7. The lowest BCUT2D eigenvalue weighted by molar-refractivity contribution is 0.598. The third-order valence-electron chi connectivity index (χ3n) is 3.51. The molecule has 1 aromatic carbocycles. The van der Waals surface area contributed by atoms with Crippen molar-refractivity contribution in [2.75, 3.05) is 20.6 Å². The van der Waals surface area contributed by atoms with Crippen LogP contribution >= 0.6 is 0 Å². The number of nitrogens with zero attached hydrogens (tertiary/aromatic N) is 2. The standard InChI is InChI=1S/C18H30N2/c1-5-6-7-8-9-10-15-19-18(20(3)4)17-13-11-16(2)12-14-17/h11-14H,5-10,15H2,1-4H3. The maximum Gasteiger partial charge on any atom is 0.130 e. The summed E-state index contributed by atoms with van der Waals surface area (Å²) in [7, 11) is 4.14. The van der Waals surface area contributed by atoms with Crippen molar-refractivity contribution in [1.29, 1.82) is 0 Å². The second-order valence-electron chi connectivity index (χ2n) is 5.73. The second-order valence-corrected chi connectivity index (χ2v) is 5.73. The molecular weight excluding hydrogens is 244 g/mol. The molecule has 0 amide bonds. The average Bonchev–Trinajstić information content (AvgIpc) is 2.43. The van der Waals surface area contributed by atoms with E-state index in [9.17, 15) is 0 Å². The van der Waals surface area contributed by atoms with Gasteiger partial charge < -0.3 is 4.90 Å². The summed E-state index contributed by atoms with van der Waals surface area (Å²) in [5.74, 6) is 1.10. The topological polar surface area (TPSA) is 15.6 Å². The summed E-state index contributed by atoms with van der Waals surface area (Å²) in [5, 5.41) is 0. The molecule has 1 aromatic rings. The first-order valence-electron chi connectivity index (χ1n) is 7.94. The Balaban J connectivity index is 2.46. The smallest absolute Gasteiger partial charge is 0.130 e. The van der Waals surface area contributed by atoms with Crippen LogP contribution in [-0.2, 0) is 0 Å². The van der Waals surface area contributed by atoms with Gasteiger partial charge in [0.2, 0.25) is 0 Å². The highest BCUT2D eigenvalue weighted by molar-refractivity contribution is 5.98. The maximum absolute atomic E-state index is 4.78. The Morgan fingerprint density at radius 2 is 1.55 bits per heavy atom. The van der Waals surface area contributed by atoms with Crippen LogP contribution in [0.4, 0.5) is 0 Å². The van der Waals surface area contributed by atoms with Gasteiger partial charge in [-0.25, -0.2) is 0 Å². The van der Waals surface area contributed by atoms with Crippen LogP contribution in [-0.4, -0.2) is 31.4 Å². The van der Waals surface area contributed by atoms with Gasteiger partial charge in [0.1, 0.15) is 5.84 Å². The molecule has 2 heteroatoms. The molecule has 0 heterocycles. The first kappa shape index (κ1) is 16.7. The molecule has 0 N–H and O–H groups in total. The largest absolute Gasteiger partial charge is 0.363 e. The van der Waals surface area contributed by atoms with Crippen molar-refractivity contribution in [3.05, 3.63) is 35.4 Å². The van der Waals surface area contributed by atoms with E-state index in [4.69, 9.17) is 4.99 Å². The van der Waals surface area contributed by atoms with Crippen molar-refractivity contribution < 1.29 is 0 Å². The average molecular weight is 274 g/mol. The maximum atomic E-state index is 4.78. The number of aliphatic imine (C=N–C) groups is 1. The summed E-state index contributed by atoms with van der Waals surface area (Å²) in [6.07, 6.45) is 7.92. The minimum absolute atomic E-state index is 0.938. The fourth-order valence-corrected chi connectivity index (χ4v) is 2.27. The van der Waals surface area contributed by atoms with E-state index in [1.54, 1.807) is 0 Å². The summed E-state index contributed by atoms with van der Waals surface area (Å²) in [6.45, 7) is 5.31. The van der Waals surface area contributed by atoms with E-state index in [1.807, 2.05) is 0 Å². The number of hydrogen-bond acceptors (Lipinski definition) is 1. The van der Waals surface area contributed by atoms with Crippen LogP contribution in [0.15, 0.2) is 29.3 Å². The Hall–Kier alpha value is -1.31. The van der Waals surface area contributed by atoms with Crippen molar-refractivity contribution in [1.82, 2.24) is 4.90 Å². The number of benzene rings is 1. The van der Waals surface area contributed by atoms with E-state index in [0.29, 0.717) is 0 Å². The van der Waals surface area contributed by atoms with E-state index in [-0.39, 0.29) is 0 Å². The molecule has 0 aromatic heterocycles.